The highest BCUT2D eigenvalue weighted by Gasteiger charge is 2.30. The SMILES string of the molecule is COc1ccc(NC(=O)Nc2ccc3c(c2)CC(=O)N([C@@H](C)CO)C[C@@H](C)[C@H](CN(C)C)O3)cc1. The van der Waals surface area contributed by atoms with Crippen LogP contribution in [0.2, 0.25) is 0 Å². The lowest BCUT2D eigenvalue weighted by Crippen LogP contribution is -2.47. The van der Waals surface area contributed by atoms with Gasteiger partial charge in [0.1, 0.15) is 17.6 Å². The van der Waals surface area contributed by atoms with Gasteiger partial charge in [-0.3, -0.25) is 4.79 Å². The highest BCUT2D eigenvalue weighted by atomic mass is 16.5. The second-order valence-corrected chi connectivity index (χ2v) is 9.28. The summed E-state index contributed by atoms with van der Waals surface area (Å²) in [5, 5.41) is 15.3. The van der Waals surface area contributed by atoms with Crippen molar-refractivity contribution in [2.45, 2.75) is 32.4 Å². The molecule has 0 bridgehead atoms. The van der Waals surface area contributed by atoms with Crippen LogP contribution in [0.1, 0.15) is 19.4 Å². The third kappa shape index (κ3) is 7.10. The van der Waals surface area contributed by atoms with E-state index in [1.165, 1.54) is 0 Å². The number of nitrogens with zero attached hydrogens (tertiary/aromatic N) is 2. The average Bonchev–Trinajstić information content (AvgIpc) is 2.86. The fourth-order valence-electron chi connectivity index (χ4n) is 4.05. The van der Waals surface area contributed by atoms with Gasteiger partial charge in [0.05, 0.1) is 26.2 Å². The highest BCUT2D eigenvalue weighted by molar-refractivity contribution is 6.00. The van der Waals surface area contributed by atoms with E-state index in [0.29, 0.717) is 41.5 Å². The number of urea groups is 1. The summed E-state index contributed by atoms with van der Waals surface area (Å²) in [6.07, 6.45) is -0.0447. The Morgan fingerprint density at radius 2 is 1.86 bits per heavy atom. The predicted octanol–water partition coefficient (Wildman–Crippen LogP) is 3.05. The number of hydrogen-bond donors (Lipinski definition) is 3. The van der Waals surface area contributed by atoms with Gasteiger partial charge < -0.3 is 35.0 Å². The van der Waals surface area contributed by atoms with E-state index in [0.717, 1.165) is 0 Å². The van der Waals surface area contributed by atoms with E-state index in [-0.39, 0.29) is 37.0 Å². The second-order valence-electron chi connectivity index (χ2n) is 9.28. The summed E-state index contributed by atoms with van der Waals surface area (Å²) < 4.78 is 11.5. The smallest absolute Gasteiger partial charge is 0.323 e. The van der Waals surface area contributed by atoms with Crippen LogP contribution in [0.5, 0.6) is 11.5 Å². The number of nitrogens with one attached hydrogen (secondary N) is 2. The van der Waals surface area contributed by atoms with Gasteiger partial charge in [0.2, 0.25) is 5.91 Å². The number of fused-ring (bicyclic) bond motifs is 1. The van der Waals surface area contributed by atoms with E-state index < -0.39 is 6.03 Å². The van der Waals surface area contributed by atoms with Gasteiger partial charge in [-0.1, -0.05) is 6.92 Å². The molecule has 3 N–H and O–H groups in total. The van der Waals surface area contributed by atoms with Crippen molar-refractivity contribution in [3.63, 3.8) is 0 Å². The number of rotatable bonds is 7. The standard InChI is InChI=1S/C26H36N4O5/c1-17-14-30(18(2)16-31)25(32)13-19-12-21(8-11-23(19)35-24(17)15-29(3)4)28-26(33)27-20-6-9-22(34-5)10-7-20/h6-12,17-18,24,31H,13-16H2,1-5H3,(H2,27,28,33)/t17-,18+,24+/m1/s1. The lowest BCUT2D eigenvalue weighted by Gasteiger charge is -2.33. The molecule has 1 aliphatic heterocycles. The van der Waals surface area contributed by atoms with E-state index >= 15 is 0 Å². The molecule has 3 rings (SSSR count). The molecular weight excluding hydrogens is 448 g/mol. The zero-order chi connectivity index (χ0) is 25.5. The van der Waals surface area contributed by atoms with Crippen molar-refractivity contribution >= 4 is 23.3 Å². The summed E-state index contributed by atoms with van der Waals surface area (Å²) in [4.78, 5) is 29.6. The number of amides is 3. The summed E-state index contributed by atoms with van der Waals surface area (Å²) in [6.45, 7) is 4.95. The maximum Gasteiger partial charge on any atom is 0.323 e. The molecule has 0 radical (unpaired) electrons. The minimum atomic E-state index is -0.403. The Bertz CT molecular complexity index is 1010. The third-order valence-corrected chi connectivity index (χ3v) is 6.07. The van der Waals surface area contributed by atoms with Crippen LogP contribution in [0.15, 0.2) is 42.5 Å². The van der Waals surface area contributed by atoms with Gasteiger partial charge in [0.25, 0.3) is 0 Å². The molecule has 0 spiro atoms. The molecule has 0 fully saturated rings. The van der Waals surface area contributed by atoms with Crippen LogP contribution >= 0.6 is 0 Å². The Kier molecular flexibility index (Phi) is 8.95. The van der Waals surface area contributed by atoms with E-state index in [2.05, 4.69) is 22.5 Å². The van der Waals surface area contributed by atoms with Crippen molar-refractivity contribution in [3.8, 4) is 11.5 Å². The number of methoxy groups -OCH3 is 1. The second kappa shape index (κ2) is 11.9. The minimum Gasteiger partial charge on any atom is -0.497 e. The molecule has 0 saturated heterocycles. The van der Waals surface area contributed by atoms with Crippen LogP contribution in [-0.4, -0.2) is 79.9 Å². The normalized spacial score (nSPS) is 19.1. The molecule has 2 aromatic carbocycles. The lowest BCUT2D eigenvalue weighted by atomic mass is 10.0. The first-order valence-electron chi connectivity index (χ1n) is 11.8. The fourth-order valence-corrected chi connectivity index (χ4v) is 4.05. The Labute approximate surface area is 207 Å². The van der Waals surface area contributed by atoms with E-state index in [1.807, 2.05) is 21.0 Å². The Balaban J connectivity index is 1.83. The number of aliphatic hydroxyl groups is 1. The number of carbonyl (C=O) groups is 2. The molecule has 1 aliphatic rings. The number of likely N-dealkylation sites (N-methyl/N-ethyl adjacent to an activating group) is 1. The molecule has 35 heavy (non-hydrogen) atoms. The number of aliphatic hydroxyl groups excluding tert-OH is 1. The van der Waals surface area contributed by atoms with Crippen LogP contribution in [0.4, 0.5) is 16.2 Å². The van der Waals surface area contributed by atoms with Gasteiger partial charge in [-0.15, -0.1) is 0 Å². The van der Waals surface area contributed by atoms with E-state index in [9.17, 15) is 14.7 Å². The summed E-state index contributed by atoms with van der Waals surface area (Å²) in [6, 6.07) is 11.6. The van der Waals surface area contributed by atoms with Gasteiger partial charge in [-0.25, -0.2) is 4.79 Å². The summed E-state index contributed by atoms with van der Waals surface area (Å²) in [5.74, 6) is 1.28. The molecule has 0 aromatic heterocycles. The average molecular weight is 485 g/mol. The van der Waals surface area contributed by atoms with Gasteiger partial charge in [0, 0.05) is 35.9 Å². The van der Waals surface area contributed by atoms with Crippen LogP contribution in [0.25, 0.3) is 0 Å². The zero-order valence-electron chi connectivity index (χ0n) is 21.1. The Morgan fingerprint density at radius 3 is 2.49 bits per heavy atom. The quantitative estimate of drug-likeness (QED) is 0.558. The Morgan fingerprint density at radius 1 is 1.20 bits per heavy atom. The maximum absolute atomic E-state index is 13.2. The van der Waals surface area contributed by atoms with Crippen molar-refractivity contribution in [1.29, 1.82) is 0 Å². The van der Waals surface area contributed by atoms with Gasteiger partial charge in [0.15, 0.2) is 0 Å². The van der Waals surface area contributed by atoms with Crippen molar-refractivity contribution in [2.24, 2.45) is 5.92 Å². The van der Waals surface area contributed by atoms with Crippen molar-refractivity contribution in [2.75, 3.05) is 51.5 Å². The first kappa shape index (κ1) is 26.3. The molecule has 0 unspecified atom stereocenters. The van der Waals surface area contributed by atoms with Crippen LogP contribution < -0.4 is 20.1 Å². The number of anilines is 2. The van der Waals surface area contributed by atoms with Crippen molar-refractivity contribution in [3.05, 3.63) is 48.0 Å². The molecule has 2 aromatic rings. The van der Waals surface area contributed by atoms with E-state index in [4.69, 9.17) is 9.47 Å². The molecule has 1 heterocycles. The molecule has 0 saturated carbocycles. The fraction of sp³-hybridized carbons (Fsp3) is 0.462. The van der Waals surface area contributed by atoms with Crippen LogP contribution in [0, 0.1) is 5.92 Å². The number of hydrogen-bond acceptors (Lipinski definition) is 6. The lowest BCUT2D eigenvalue weighted by molar-refractivity contribution is -0.134. The molecule has 190 valence electrons. The van der Waals surface area contributed by atoms with Gasteiger partial charge >= 0.3 is 6.03 Å². The Hall–Kier alpha value is -3.30. The monoisotopic (exact) mass is 484 g/mol. The minimum absolute atomic E-state index is 0.0503. The first-order valence-corrected chi connectivity index (χ1v) is 11.8. The zero-order valence-corrected chi connectivity index (χ0v) is 21.1. The maximum atomic E-state index is 13.2. The molecular formula is C26H36N4O5. The largest absolute Gasteiger partial charge is 0.497 e. The van der Waals surface area contributed by atoms with Crippen molar-refractivity contribution in [1.82, 2.24) is 9.80 Å². The number of ether oxygens (including phenoxy) is 2. The van der Waals surface area contributed by atoms with Crippen molar-refractivity contribution < 1.29 is 24.2 Å². The first-order chi connectivity index (χ1) is 16.7. The predicted molar refractivity (Wildman–Crippen MR) is 136 cm³/mol. The molecule has 3 atom stereocenters. The van der Waals surface area contributed by atoms with Gasteiger partial charge in [-0.2, -0.15) is 0 Å². The highest BCUT2D eigenvalue weighted by Crippen LogP contribution is 2.29. The summed E-state index contributed by atoms with van der Waals surface area (Å²) >= 11 is 0. The van der Waals surface area contributed by atoms with Crippen LogP contribution in [-0.2, 0) is 11.2 Å². The third-order valence-electron chi connectivity index (χ3n) is 6.07. The number of benzene rings is 2. The molecule has 9 heteroatoms. The van der Waals surface area contributed by atoms with E-state index in [1.54, 1.807) is 54.5 Å². The molecule has 3 amide bonds. The van der Waals surface area contributed by atoms with Crippen LogP contribution in [0.3, 0.4) is 0 Å². The summed E-state index contributed by atoms with van der Waals surface area (Å²) in [7, 11) is 5.55. The number of carbonyl (C=O) groups excluding carboxylic acids is 2. The topological polar surface area (TPSA) is 103 Å². The molecule has 0 aliphatic carbocycles. The van der Waals surface area contributed by atoms with Gasteiger partial charge in [-0.05, 0) is 63.5 Å². The summed E-state index contributed by atoms with van der Waals surface area (Å²) in [5.41, 5.74) is 1.85. The molecule has 9 nitrogen and oxygen atoms in total.